The Morgan fingerprint density at radius 3 is 2.77 bits per heavy atom. The van der Waals surface area contributed by atoms with Crippen LogP contribution in [0.4, 0.5) is 0 Å². The van der Waals surface area contributed by atoms with Gasteiger partial charge in [0.05, 0.1) is 7.11 Å². The smallest absolute Gasteiger partial charge is 0.333 e. The Morgan fingerprint density at radius 1 is 1.62 bits per heavy atom. The Hall–Kier alpha value is -1.09. The van der Waals surface area contributed by atoms with E-state index in [0.717, 1.165) is 4.88 Å². The normalized spacial score (nSPS) is 11.5. The van der Waals surface area contributed by atoms with Gasteiger partial charge in [-0.1, -0.05) is 0 Å². The first-order valence-electron chi connectivity index (χ1n) is 3.95. The highest BCUT2D eigenvalue weighted by Gasteiger charge is 2.03. The first kappa shape index (κ1) is 9.99. The fourth-order valence-electron chi connectivity index (χ4n) is 0.962. The second-order valence-corrected chi connectivity index (χ2v) is 3.79. The van der Waals surface area contributed by atoms with Crippen molar-refractivity contribution < 1.29 is 9.53 Å². The molecule has 0 aliphatic rings. The lowest BCUT2D eigenvalue weighted by molar-refractivity contribution is -0.135. The molecule has 1 rings (SSSR count). The van der Waals surface area contributed by atoms with Gasteiger partial charge in [-0.2, -0.15) is 0 Å². The van der Waals surface area contributed by atoms with Crippen LogP contribution in [0.5, 0.6) is 0 Å². The van der Waals surface area contributed by atoms with Gasteiger partial charge in [0.1, 0.15) is 0 Å². The van der Waals surface area contributed by atoms with Gasteiger partial charge >= 0.3 is 5.97 Å². The van der Waals surface area contributed by atoms with E-state index in [0.29, 0.717) is 5.57 Å². The Kier molecular flexibility index (Phi) is 3.25. The zero-order chi connectivity index (χ0) is 9.84. The van der Waals surface area contributed by atoms with E-state index in [9.17, 15) is 4.79 Å². The van der Waals surface area contributed by atoms with Crippen LogP contribution in [0.25, 0.3) is 6.08 Å². The predicted molar refractivity (Wildman–Crippen MR) is 54.7 cm³/mol. The van der Waals surface area contributed by atoms with Crippen LogP contribution < -0.4 is 0 Å². The summed E-state index contributed by atoms with van der Waals surface area (Å²) >= 11 is 1.62. The third-order valence-corrected chi connectivity index (χ3v) is 2.61. The average Bonchev–Trinajstić information content (AvgIpc) is 2.49. The number of hydrogen-bond donors (Lipinski definition) is 0. The van der Waals surface area contributed by atoms with E-state index in [4.69, 9.17) is 0 Å². The van der Waals surface area contributed by atoms with Crippen molar-refractivity contribution in [3.05, 3.63) is 27.5 Å². The van der Waals surface area contributed by atoms with Gasteiger partial charge in [0.15, 0.2) is 0 Å². The molecule has 2 nitrogen and oxygen atoms in total. The molecule has 0 unspecified atom stereocenters. The molecule has 13 heavy (non-hydrogen) atoms. The largest absolute Gasteiger partial charge is 0.466 e. The molecule has 1 aromatic rings. The standard InChI is InChI=1S/C10H12O2S/c1-7-4-9(13-6-7)5-8(2)10(11)12-3/h4-6H,1-3H3. The molecule has 3 heteroatoms. The summed E-state index contributed by atoms with van der Waals surface area (Å²) in [5.41, 5.74) is 1.85. The van der Waals surface area contributed by atoms with Gasteiger partial charge in [0.25, 0.3) is 0 Å². The molecule has 0 aromatic carbocycles. The number of ether oxygens (including phenoxy) is 1. The SMILES string of the molecule is COC(=O)C(C)=Cc1cc(C)cs1. The Balaban J connectivity index is 2.82. The highest BCUT2D eigenvalue weighted by Crippen LogP contribution is 2.17. The van der Waals surface area contributed by atoms with Crippen LogP contribution in [-0.4, -0.2) is 13.1 Å². The monoisotopic (exact) mass is 196 g/mol. The molecule has 0 saturated heterocycles. The number of carbonyl (C=O) groups is 1. The molecule has 1 heterocycles. The van der Waals surface area contributed by atoms with Crippen LogP contribution in [0, 0.1) is 6.92 Å². The van der Waals surface area contributed by atoms with Gasteiger partial charge in [-0.25, -0.2) is 4.79 Å². The van der Waals surface area contributed by atoms with E-state index in [1.807, 2.05) is 19.1 Å². The maximum Gasteiger partial charge on any atom is 0.333 e. The highest BCUT2D eigenvalue weighted by molar-refractivity contribution is 7.11. The van der Waals surface area contributed by atoms with E-state index in [2.05, 4.69) is 10.1 Å². The molecule has 0 N–H and O–H groups in total. The van der Waals surface area contributed by atoms with Crippen LogP contribution in [0.2, 0.25) is 0 Å². The number of hydrogen-bond acceptors (Lipinski definition) is 3. The Morgan fingerprint density at radius 2 is 2.31 bits per heavy atom. The maximum absolute atomic E-state index is 11.0. The predicted octanol–water partition coefficient (Wildman–Crippen LogP) is 2.63. The third-order valence-electron chi connectivity index (χ3n) is 1.62. The van der Waals surface area contributed by atoms with Crippen molar-refractivity contribution in [3.8, 4) is 0 Å². The molecule has 0 aliphatic heterocycles. The van der Waals surface area contributed by atoms with Gasteiger partial charge in [-0.05, 0) is 36.9 Å². The third kappa shape index (κ3) is 2.70. The van der Waals surface area contributed by atoms with Crippen molar-refractivity contribution in [2.45, 2.75) is 13.8 Å². The quantitative estimate of drug-likeness (QED) is 0.537. The summed E-state index contributed by atoms with van der Waals surface area (Å²) in [5.74, 6) is -0.272. The second-order valence-electron chi connectivity index (χ2n) is 2.85. The molecule has 0 saturated carbocycles. The van der Waals surface area contributed by atoms with E-state index in [1.165, 1.54) is 12.7 Å². The van der Waals surface area contributed by atoms with E-state index >= 15 is 0 Å². The lowest BCUT2D eigenvalue weighted by Crippen LogP contribution is -2.00. The summed E-state index contributed by atoms with van der Waals surface area (Å²) in [5, 5.41) is 2.05. The number of thiophene rings is 1. The number of rotatable bonds is 2. The van der Waals surface area contributed by atoms with Crippen molar-refractivity contribution in [2.24, 2.45) is 0 Å². The molecule has 0 fully saturated rings. The summed E-state index contributed by atoms with van der Waals surface area (Å²) in [7, 11) is 1.39. The number of esters is 1. The van der Waals surface area contributed by atoms with Crippen LogP contribution in [-0.2, 0) is 9.53 Å². The number of aryl methyl sites for hydroxylation is 1. The summed E-state index contributed by atoms with van der Waals surface area (Å²) in [6.07, 6.45) is 1.84. The van der Waals surface area contributed by atoms with Crippen molar-refractivity contribution in [1.82, 2.24) is 0 Å². The molecular formula is C10H12O2S. The van der Waals surface area contributed by atoms with E-state index in [-0.39, 0.29) is 5.97 Å². The molecule has 0 bridgehead atoms. The first-order chi connectivity index (χ1) is 6.13. The topological polar surface area (TPSA) is 26.3 Å². The van der Waals surface area contributed by atoms with Crippen molar-refractivity contribution in [3.63, 3.8) is 0 Å². The first-order valence-corrected chi connectivity index (χ1v) is 4.83. The average molecular weight is 196 g/mol. The van der Waals surface area contributed by atoms with E-state index < -0.39 is 0 Å². The van der Waals surface area contributed by atoms with Gasteiger partial charge in [-0.15, -0.1) is 11.3 Å². The van der Waals surface area contributed by atoms with Gasteiger partial charge in [-0.3, -0.25) is 0 Å². The van der Waals surface area contributed by atoms with Crippen molar-refractivity contribution in [2.75, 3.05) is 7.11 Å². The summed E-state index contributed by atoms with van der Waals surface area (Å²) in [6, 6.07) is 2.04. The maximum atomic E-state index is 11.0. The van der Waals surface area contributed by atoms with Crippen LogP contribution >= 0.6 is 11.3 Å². The highest BCUT2D eigenvalue weighted by atomic mass is 32.1. The lowest BCUT2D eigenvalue weighted by atomic mass is 10.2. The fourth-order valence-corrected chi connectivity index (χ4v) is 1.85. The molecule has 0 radical (unpaired) electrons. The zero-order valence-corrected chi connectivity index (χ0v) is 8.77. The van der Waals surface area contributed by atoms with Gasteiger partial charge in [0, 0.05) is 10.5 Å². The van der Waals surface area contributed by atoms with E-state index in [1.54, 1.807) is 18.3 Å². The molecule has 1 aromatic heterocycles. The minimum Gasteiger partial charge on any atom is -0.466 e. The molecule has 0 aliphatic carbocycles. The number of carbonyl (C=O) groups excluding carboxylic acids is 1. The second kappa shape index (κ2) is 4.23. The Bertz CT molecular complexity index is 336. The molecule has 0 amide bonds. The summed E-state index contributed by atoms with van der Waals surface area (Å²) in [6.45, 7) is 3.78. The lowest BCUT2D eigenvalue weighted by Gasteiger charge is -1.96. The minimum atomic E-state index is -0.272. The van der Waals surface area contributed by atoms with Crippen molar-refractivity contribution >= 4 is 23.4 Å². The molecule has 70 valence electrons. The van der Waals surface area contributed by atoms with Gasteiger partial charge < -0.3 is 4.74 Å². The molecule has 0 spiro atoms. The summed E-state index contributed by atoms with van der Waals surface area (Å²) < 4.78 is 4.59. The summed E-state index contributed by atoms with van der Waals surface area (Å²) in [4.78, 5) is 12.1. The fraction of sp³-hybridized carbons (Fsp3) is 0.300. The van der Waals surface area contributed by atoms with Crippen LogP contribution in [0.15, 0.2) is 17.0 Å². The molecular weight excluding hydrogens is 184 g/mol. The minimum absolute atomic E-state index is 0.272. The van der Waals surface area contributed by atoms with Crippen LogP contribution in [0.1, 0.15) is 17.4 Å². The molecule has 0 atom stereocenters. The van der Waals surface area contributed by atoms with Crippen LogP contribution in [0.3, 0.4) is 0 Å². The van der Waals surface area contributed by atoms with Gasteiger partial charge in [0.2, 0.25) is 0 Å². The number of methoxy groups -OCH3 is 1. The Labute approximate surface area is 81.8 Å². The zero-order valence-electron chi connectivity index (χ0n) is 7.96. The van der Waals surface area contributed by atoms with Crippen molar-refractivity contribution in [1.29, 1.82) is 0 Å².